The van der Waals surface area contributed by atoms with Crippen molar-refractivity contribution in [1.82, 2.24) is 9.80 Å². The number of nitrogens with zero attached hydrogens (tertiary/aromatic N) is 2. The number of carbonyl (C=O) groups excluding carboxylic acids is 1. The molecule has 0 radical (unpaired) electrons. The van der Waals surface area contributed by atoms with E-state index in [9.17, 15) is 18.7 Å². The van der Waals surface area contributed by atoms with Crippen molar-refractivity contribution in [2.75, 3.05) is 33.2 Å². The van der Waals surface area contributed by atoms with Crippen LogP contribution in [0.4, 0.5) is 13.6 Å². The number of benzene rings is 2. The Balaban J connectivity index is 0.000000663. The fourth-order valence-corrected chi connectivity index (χ4v) is 5.25. The monoisotopic (exact) mass is 562 g/mol. The van der Waals surface area contributed by atoms with Gasteiger partial charge in [0.05, 0.1) is 0 Å². The summed E-state index contributed by atoms with van der Waals surface area (Å²) in [5.41, 5.74) is -0.0957. The van der Waals surface area contributed by atoms with E-state index in [4.69, 9.17) is 24.5 Å². The predicted octanol–water partition coefficient (Wildman–Crippen LogP) is 4.08. The number of aliphatic carboxylic acids is 2. The minimum Gasteiger partial charge on any atom is -0.473 e. The van der Waals surface area contributed by atoms with E-state index < -0.39 is 17.5 Å². The van der Waals surface area contributed by atoms with Crippen LogP contribution in [0.3, 0.4) is 0 Å². The highest BCUT2D eigenvalue weighted by Gasteiger charge is 2.41. The number of cyclic esters (lactones) is 1. The van der Waals surface area contributed by atoms with Gasteiger partial charge in [-0.05, 0) is 92.9 Å². The molecule has 3 N–H and O–H groups in total. The number of hydrogen-bond donors (Lipinski definition) is 3. The summed E-state index contributed by atoms with van der Waals surface area (Å²) in [7, 11) is 1.78. The van der Waals surface area contributed by atoms with Crippen LogP contribution in [0.5, 0.6) is 0 Å². The molecular formula is C29H36F2N2O7. The van der Waals surface area contributed by atoms with Gasteiger partial charge in [-0.3, -0.25) is 0 Å². The molecule has 11 heteroatoms. The summed E-state index contributed by atoms with van der Waals surface area (Å²) in [5.74, 6) is -4.46. The Hall–Kier alpha value is -3.57. The van der Waals surface area contributed by atoms with Crippen molar-refractivity contribution < 1.29 is 43.2 Å². The molecule has 1 atom stereocenters. The lowest BCUT2D eigenvalue weighted by molar-refractivity contribution is -0.159. The van der Waals surface area contributed by atoms with Gasteiger partial charge >= 0.3 is 18.0 Å². The summed E-state index contributed by atoms with van der Waals surface area (Å²) in [4.78, 5) is 34.3. The number of hydrogen-bond acceptors (Lipinski definition) is 6. The first kappa shape index (κ1) is 31.0. The Labute approximate surface area is 232 Å². The van der Waals surface area contributed by atoms with Gasteiger partial charge in [0.15, 0.2) is 0 Å². The van der Waals surface area contributed by atoms with Crippen LogP contribution in [-0.2, 0) is 19.9 Å². The summed E-state index contributed by atoms with van der Waals surface area (Å²) < 4.78 is 32.8. The highest BCUT2D eigenvalue weighted by Crippen LogP contribution is 2.42. The van der Waals surface area contributed by atoms with Crippen LogP contribution in [0.1, 0.15) is 49.7 Å². The molecule has 40 heavy (non-hydrogen) atoms. The molecule has 0 aliphatic carbocycles. The Morgan fingerprint density at radius 1 is 0.875 bits per heavy atom. The van der Waals surface area contributed by atoms with Crippen molar-refractivity contribution in [2.24, 2.45) is 5.92 Å². The molecular weight excluding hydrogens is 526 g/mol. The zero-order valence-corrected chi connectivity index (χ0v) is 22.5. The van der Waals surface area contributed by atoms with Gasteiger partial charge in [0, 0.05) is 20.1 Å². The van der Waals surface area contributed by atoms with Crippen LogP contribution in [0.25, 0.3) is 0 Å². The molecule has 1 unspecified atom stereocenters. The van der Waals surface area contributed by atoms with Crippen molar-refractivity contribution in [3.8, 4) is 0 Å². The molecule has 2 fully saturated rings. The topological polar surface area (TPSA) is 128 Å². The fraction of sp³-hybridized carbons (Fsp3) is 0.483. The van der Waals surface area contributed by atoms with Crippen molar-refractivity contribution >= 4 is 18.0 Å². The third kappa shape index (κ3) is 8.22. The number of piperidine rings is 1. The number of carboxylic acid groups (broad SMARTS) is 2. The fourth-order valence-electron chi connectivity index (χ4n) is 5.25. The maximum atomic E-state index is 13.6. The second kappa shape index (κ2) is 14.2. The van der Waals surface area contributed by atoms with Crippen molar-refractivity contribution in [1.29, 1.82) is 0 Å². The number of carbonyl (C=O) groups is 3. The lowest BCUT2D eigenvalue weighted by atomic mass is 9.72. The summed E-state index contributed by atoms with van der Waals surface area (Å²) in [6, 6.07) is 11.9. The Kier molecular flexibility index (Phi) is 11.0. The minimum atomic E-state index is -1.82. The number of ether oxygens (including phenoxy) is 1. The van der Waals surface area contributed by atoms with E-state index in [-0.39, 0.29) is 29.7 Å². The molecule has 2 aliphatic heterocycles. The molecule has 0 saturated carbocycles. The third-order valence-corrected chi connectivity index (χ3v) is 7.55. The number of aliphatic hydroxyl groups is 1. The summed E-state index contributed by atoms with van der Waals surface area (Å²) in [5, 5.41) is 26.7. The SMILES string of the molecule is CN1CCCCC(CCN2CCC(C(O)(c3ccc(F)cc3)c3ccc(F)cc3)CC2)OC1=O.O=C(O)C(=O)O. The summed E-state index contributed by atoms with van der Waals surface area (Å²) >= 11 is 0. The molecule has 2 heterocycles. The maximum absolute atomic E-state index is 13.6. The molecule has 2 aromatic rings. The largest absolute Gasteiger partial charge is 0.473 e. The summed E-state index contributed by atoms with van der Waals surface area (Å²) in [6.45, 7) is 3.18. The normalized spacial score (nSPS) is 19.1. The standard InChI is InChI=1S/C27H34F2N2O3.C2H2O4/c1-30-16-3-2-4-25(34-26(30)32)15-19-31-17-13-22(14-18-31)27(33,20-5-9-23(28)10-6-20)21-7-11-24(29)12-8-21;3-1(4)2(5)6/h5-12,22,25,33H,2-4,13-19H2,1H3;(H,3,4)(H,5,6). The molecule has 2 aromatic carbocycles. The predicted molar refractivity (Wildman–Crippen MR) is 142 cm³/mol. The van der Waals surface area contributed by atoms with E-state index >= 15 is 0 Å². The average Bonchev–Trinajstić information content (AvgIpc) is 2.93. The van der Waals surface area contributed by atoms with Crippen molar-refractivity contribution in [2.45, 2.75) is 50.2 Å². The average molecular weight is 563 g/mol. The zero-order chi connectivity index (χ0) is 29.3. The molecule has 0 bridgehead atoms. The molecule has 4 rings (SSSR count). The lowest BCUT2D eigenvalue weighted by Crippen LogP contribution is -2.45. The van der Waals surface area contributed by atoms with Gasteiger partial charge in [0.25, 0.3) is 0 Å². The number of amides is 1. The van der Waals surface area contributed by atoms with Crippen LogP contribution >= 0.6 is 0 Å². The molecule has 0 aromatic heterocycles. The third-order valence-electron chi connectivity index (χ3n) is 7.55. The van der Waals surface area contributed by atoms with Crippen molar-refractivity contribution in [3.05, 3.63) is 71.3 Å². The first-order valence-corrected chi connectivity index (χ1v) is 13.4. The number of carboxylic acids is 2. The van der Waals surface area contributed by atoms with Crippen LogP contribution in [0.2, 0.25) is 0 Å². The number of rotatable bonds is 6. The zero-order valence-electron chi connectivity index (χ0n) is 22.5. The van der Waals surface area contributed by atoms with E-state index in [2.05, 4.69) is 4.90 Å². The first-order chi connectivity index (χ1) is 19.0. The highest BCUT2D eigenvalue weighted by atomic mass is 19.1. The summed E-state index contributed by atoms with van der Waals surface area (Å²) in [6.07, 6.45) is 4.92. The van der Waals surface area contributed by atoms with Crippen LogP contribution in [0.15, 0.2) is 48.5 Å². The minimum absolute atomic E-state index is 0.0664. The Morgan fingerprint density at radius 2 is 1.38 bits per heavy atom. The molecule has 1 amide bonds. The van der Waals surface area contributed by atoms with E-state index in [0.29, 0.717) is 11.1 Å². The quantitative estimate of drug-likeness (QED) is 0.450. The lowest BCUT2D eigenvalue weighted by Gasteiger charge is -2.42. The molecule has 9 nitrogen and oxygen atoms in total. The van der Waals surface area contributed by atoms with Gasteiger partial charge in [-0.25, -0.2) is 23.2 Å². The Bertz CT molecular complexity index is 1080. The number of halogens is 2. The molecule has 218 valence electrons. The highest BCUT2D eigenvalue weighted by molar-refractivity contribution is 6.27. The van der Waals surface area contributed by atoms with E-state index in [1.54, 1.807) is 36.2 Å². The van der Waals surface area contributed by atoms with Gasteiger partial charge in [-0.2, -0.15) is 0 Å². The second-order valence-corrected chi connectivity index (χ2v) is 10.2. The second-order valence-electron chi connectivity index (χ2n) is 10.2. The first-order valence-electron chi connectivity index (χ1n) is 13.4. The number of likely N-dealkylation sites (tertiary alicyclic amines) is 1. The smallest absolute Gasteiger partial charge is 0.414 e. The van der Waals surface area contributed by atoms with Crippen molar-refractivity contribution in [3.63, 3.8) is 0 Å². The molecule has 2 aliphatic rings. The van der Waals surface area contributed by atoms with Crippen LogP contribution < -0.4 is 0 Å². The van der Waals surface area contributed by atoms with E-state index in [1.165, 1.54) is 24.3 Å². The van der Waals surface area contributed by atoms with Gasteiger partial charge in [-0.1, -0.05) is 24.3 Å². The van der Waals surface area contributed by atoms with Crippen LogP contribution in [0, 0.1) is 17.6 Å². The van der Waals surface area contributed by atoms with Crippen LogP contribution in [-0.4, -0.2) is 82.5 Å². The molecule has 2 saturated heterocycles. The van der Waals surface area contributed by atoms with E-state index in [1.807, 2.05) is 0 Å². The Morgan fingerprint density at radius 3 is 1.85 bits per heavy atom. The van der Waals surface area contributed by atoms with E-state index in [0.717, 1.165) is 64.7 Å². The molecule has 0 spiro atoms. The maximum Gasteiger partial charge on any atom is 0.414 e. The van der Waals surface area contributed by atoms with Gasteiger partial charge in [0.1, 0.15) is 23.3 Å². The van der Waals surface area contributed by atoms with Gasteiger partial charge in [-0.15, -0.1) is 0 Å². The van der Waals surface area contributed by atoms with Gasteiger partial charge < -0.3 is 29.9 Å². The van der Waals surface area contributed by atoms with Gasteiger partial charge in [0.2, 0.25) is 0 Å².